The van der Waals surface area contributed by atoms with Crippen LogP contribution in [0.25, 0.3) is 0 Å². The first kappa shape index (κ1) is 15.6. The molecule has 2 aromatic carbocycles. The van der Waals surface area contributed by atoms with Gasteiger partial charge in [-0.1, -0.05) is 36.4 Å². The smallest absolute Gasteiger partial charge is 0.338 e. The number of methoxy groups -OCH3 is 1. The SMILES string of the molecule is COc1ccccc1CNC(=O)COC(=O)c1ccccc1. The molecule has 0 radical (unpaired) electrons. The van der Waals surface area contributed by atoms with Gasteiger partial charge in [-0.05, 0) is 18.2 Å². The van der Waals surface area contributed by atoms with Gasteiger partial charge in [-0.3, -0.25) is 4.79 Å². The highest BCUT2D eigenvalue weighted by Crippen LogP contribution is 2.16. The summed E-state index contributed by atoms with van der Waals surface area (Å²) >= 11 is 0. The summed E-state index contributed by atoms with van der Waals surface area (Å²) in [5.74, 6) is -0.188. The second-order valence-electron chi connectivity index (χ2n) is 4.53. The molecular formula is C17H17NO4. The Morgan fingerprint density at radius 1 is 1.00 bits per heavy atom. The van der Waals surface area contributed by atoms with Crippen LogP contribution in [0.4, 0.5) is 0 Å². The van der Waals surface area contributed by atoms with Gasteiger partial charge in [-0.25, -0.2) is 4.79 Å². The third kappa shape index (κ3) is 4.34. The van der Waals surface area contributed by atoms with Crippen molar-refractivity contribution in [3.05, 3.63) is 65.7 Å². The number of carbonyl (C=O) groups excluding carboxylic acids is 2. The molecule has 0 aliphatic heterocycles. The zero-order valence-electron chi connectivity index (χ0n) is 12.2. The van der Waals surface area contributed by atoms with E-state index in [0.29, 0.717) is 17.9 Å². The van der Waals surface area contributed by atoms with Crippen molar-refractivity contribution in [3.8, 4) is 5.75 Å². The van der Waals surface area contributed by atoms with Crippen LogP contribution < -0.4 is 10.1 Å². The van der Waals surface area contributed by atoms with Gasteiger partial charge in [-0.15, -0.1) is 0 Å². The number of hydrogen-bond donors (Lipinski definition) is 1. The monoisotopic (exact) mass is 299 g/mol. The number of amides is 1. The summed E-state index contributed by atoms with van der Waals surface area (Å²) in [7, 11) is 1.57. The molecule has 0 spiro atoms. The van der Waals surface area contributed by atoms with Gasteiger partial charge in [0, 0.05) is 12.1 Å². The zero-order valence-corrected chi connectivity index (χ0v) is 12.2. The molecule has 114 valence electrons. The lowest BCUT2D eigenvalue weighted by Crippen LogP contribution is -2.28. The molecule has 22 heavy (non-hydrogen) atoms. The largest absolute Gasteiger partial charge is 0.496 e. The van der Waals surface area contributed by atoms with E-state index in [2.05, 4.69) is 5.32 Å². The van der Waals surface area contributed by atoms with Crippen LogP contribution in [0.15, 0.2) is 54.6 Å². The first-order valence-electron chi connectivity index (χ1n) is 6.81. The Labute approximate surface area is 128 Å². The quantitative estimate of drug-likeness (QED) is 0.830. The lowest BCUT2D eigenvalue weighted by molar-refractivity contribution is -0.124. The first-order valence-corrected chi connectivity index (χ1v) is 6.81. The van der Waals surface area contributed by atoms with E-state index < -0.39 is 5.97 Å². The van der Waals surface area contributed by atoms with E-state index in [1.807, 2.05) is 24.3 Å². The van der Waals surface area contributed by atoms with E-state index in [1.165, 1.54) is 0 Å². The van der Waals surface area contributed by atoms with Crippen LogP contribution in [0.5, 0.6) is 5.75 Å². The van der Waals surface area contributed by atoms with Crippen molar-refractivity contribution < 1.29 is 19.1 Å². The second kappa shape index (κ2) is 7.83. The number of para-hydroxylation sites is 1. The molecule has 2 rings (SSSR count). The van der Waals surface area contributed by atoms with Crippen LogP contribution in [0.1, 0.15) is 15.9 Å². The lowest BCUT2D eigenvalue weighted by atomic mass is 10.2. The fraction of sp³-hybridized carbons (Fsp3) is 0.176. The topological polar surface area (TPSA) is 64.6 Å². The van der Waals surface area contributed by atoms with Crippen molar-refractivity contribution in [3.63, 3.8) is 0 Å². The molecular weight excluding hydrogens is 282 g/mol. The molecule has 0 aliphatic rings. The van der Waals surface area contributed by atoms with Crippen LogP contribution in [0.3, 0.4) is 0 Å². The van der Waals surface area contributed by atoms with E-state index >= 15 is 0 Å². The minimum atomic E-state index is -0.520. The van der Waals surface area contributed by atoms with E-state index in [1.54, 1.807) is 37.4 Å². The van der Waals surface area contributed by atoms with Gasteiger partial charge in [0.25, 0.3) is 5.91 Å². The molecule has 0 bridgehead atoms. The summed E-state index contributed by atoms with van der Waals surface area (Å²) in [6, 6.07) is 15.9. The summed E-state index contributed by atoms with van der Waals surface area (Å²) in [6.07, 6.45) is 0. The Balaban J connectivity index is 1.80. The van der Waals surface area contributed by atoms with Crippen molar-refractivity contribution in [1.29, 1.82) is 0 Å². The van der Waals surface area contributed by atoms with Crippen LogP contribution in [-0.2, 0) is 16.1 Å². The second-order valence-corrected chi connectivity index (χ2v) is 4.53. The summed E-state index contributed by atoms with van der Waals surface area (Å²) in [6.45, 7) is -0.00535. The van der Waals surface area contributed by atoms with Gasteiger partial charge in [-0.2, -0.15) is 0 Å². The third-order valence-electron chi connectivity index (χ3n) is 3.01. The third-order valence-corrected chi connectivity index (χ3v) is 3.01. The lowest BCUT2D eigenvalue weighted by Gasteiger charge is -2.09. The maximum atomic E-state index is 11.7. The van der Waals surface area contributed by atoms with Crippen molar-refractivity contribution >= 4 is 11.9 Å². The predicted octanol–water partition coefficient (Wildman–Crippen LogP) is 2.17. The summed E-state index contributed by atoms with van der Waals surface area (Å²) < 4.78 is 10.1. The number of ether oxygens (including phenoxy) is 2. The highest BCUT2D eigenvalue weighted by molar-refractivity contribution is 5.91. The molecule has 1 amide bonds. The van der Waals surface area contributed by atoms with Gasteiger partial charge >= 0.3 is 5.97 Å². The Bertz CT molecular complexity index is 640. The number of nitrogens with one attached hydrogen (secondary N) is 1. The molecule has 5 nitrogen and oxygen atoms in total. The van der Waals surface area contributed by atoms with Gasteiger partial charge in [0.15, 0.2) is 6.61 Å². The molecule has 0 heterocycles. The zero-order chi connectivity index (χ0) is 15.8. The normalized spacial score (nSPS) is 9.86. The summed E-state index contributed by atoms with van der Waals surface area (Å²) in [4.78, 5) is 23.4. The first-order chi connectivity index (χ1) is 10.7. The molecule has 0 atom stereocenters. The van der Waals surface area contributed by atoms with Crippen LogP contribution in [0, 0.1) is 0 Å². The molecule has 2 aromatic rings. The van der Waals surface area contributed by atoms with Gasteiger partial charge in [0.1, 0.15) is 5.75 Å². The fourth-order valence-electron chi connectivity index (χ4n) is 1.88. The van der Waals surface area contributed by atoms with E-state index in [4.69, 9.17) is 9.47 Å². The molecule has 0 aromatic heterocycles. The Hall–Kier alpha value is -2.82. The fourth-order valence-corrected chi connectivity index (χ4v) is 1.88. The van der Waals surface area contributed by atoms with Crippen LogP contribution in [0.2, 0.25) is 0 Å². The van der Waals surface area contributed by atoms with Gasteiger partial charge in [0.05, 0.1) is 12.7 Å². The van der Waals surface area contributed by atoms with Crippen molar-refractivity contribution in [2.75, 3.05) is 13.7 Å². The van der Waals surface area contributed by atoms with Crippen LogP contribution >= 0.6 is 0 Å². The number of rotatable bonds is 6. The Morgan fingerprint density at radius 2 is 1.68 bits per heavy atom. The number of carbonyl (C=O) groups is 2. The van der Waals surface area contributed by atoms with E-state index in [-0.39, 0.29) is 12.5 Å². The van der Waals surface area contributed by atoms with E-state index in [0.717, 1.165) is 5.56 Å². The highest BCUT2D eigenvalue weighted by atomic mass is 16.5. The van der Waals surface area contributed by atoms with E-state index in [9.17, 15) is 9.59 Å². The number of benzene rings is 2. The average molecular weight is 299 g/mol. The number of esters is 1. The molecule has 0 unspecified atom stereocenters. The van der Waals surface area contributed by atoms with Crippen molar-refractivity contribution in [2.24, 2.45) is 0 Å². The average Bonchev–Trinajstić information content (AvgIpc) is 2.58. The molecule has 5 heteroatoms. The predicted molar refractivity (Wildman–Crippen MR) is 81.6 cm³/mol. The van der Waals surface area contributed by atoms with Gasteiger partial charge in [0.2, 0.25) is 0 Å². The number of hydrogen-bond acceptors (Lipinski definition) is 4. The standard InChI is InChI=1S/C17H17NO4/c1-21-15-10-6-5-9-14(15)11-18-16(19)12-22-17(20)13-7-3-2-4-8-13/h2-10H,11-12H2,1H3,(H,18,19). The Morgan fingerprint density at radius 3 is 2.41 bits per heavy atom. The molecule has 0 saturated carbocycles. The maximum absolute atomic E-state index is 11.7. The van der Waals surface area contributed by atoms with Crippen molar-refractivity contribution in [1.82, 2.24) is 5.32 Å². The van der Waals surface area contributed by atoms with Crippen LogP contribution in [-0.4, -0.2) is 25.6 Å². The molecule has 0 saturated heterocycles. The highest BCUT2D eigenvalue weighted by Gasteiger charge is 2.10. The maximum Gasteiger partial charge on any atom is 0.338 e. The minimum absolute atomic E-state index is 0.311. The van der Waals surface area contributed by atoms with Gasteiger partial charge < -0.3 is 14.8 Å². The molecule has 0 aliphatic carbocycles. The summed E-state index contributed by atoms with van der Waals surface area (Å²) in [5.41, 5.74) is 1.27. The minimum Gasteiger partial charge on any atom is -0.496 e. The molecule has 0 fully saturated rings. The van der Waals surface area contributed by atoms with Crippen molar-refractivity contribution in [2.45, 2.75) is 6.54 Å². The Kier molecular flexibility index (Phi) is 5.54. The summed E-state index contributed by atoms with van der Waals surface area (Å²) in [5, 5.41) is 2.68. The molecule has 1 N–H and O–H groups in total.